The van der Waals surface area contributed by atoms with Crippen LogP contribution in [-0.4, -0.2) is 33.3 Å². The van der Waals surface area contributed by atoms with E-state index in [0.717, 1.165) is 0 Å². The number of hydrogen-bond donors (Lipinski definition) is 1. The molecule has 1 N–H and O–H groups in total. The van der Waals surface area contributed by atoms with Gasteiger partial charge in [0.2, 0.25) is 0 Å². The van der Waals surface area contributed by atoms with Gasteiger partial charge < -0.3 is 14.8 Å². The number of rotatable bonds is 3. The van der Waals surface area contributed by atoms with Crippen LogP contribution in [-0.2, 0) is 9.53 Å². The maximum Gasteiger partial charge on any atom is 0.310 e. The molecule has 0 spiro atoms. The van der Waals surface area contributed by atoms with Gasteiger partial charge in [0.05, 0.1) is 20.1 Å². The second-order valence-corrected chi connectivity index (χ2v) is 4.28. The van der Waals surface area contributed by atoms with Crippen LogP contribution in [0.1, 0.15) is 11.5 Å². The van der Waals surface area contributed by atoms with Gasteiger partial charge in [0.25, 0.3) is 0 Å². The molecule has 0 amide bonds. The van der Waals surface area contributed by atoms with Crippen molar-refractivity contribution in [3.05, 3.63) is 29.6 Å². The lowest BCUT2D eigenvalue weighted by Crippen LogP contribution is -2.23. The fourth-order valence-corrected chi connectivity index (χ4v) is 2.34. The van der Waals surface area contributed by atoms with E-state index in [9.17, 15) is 9.18 Å². The quantitative estimate of drug-likeness (QED) is 0.825. The number of carbonyl (C=O) groups is 1. The molecule has 0 saturated carbocycles. The van der Waals surface area contributed by atoms with E-state index in [0.29, 0.717) is 24.4 Å². The third-order valence-electron chi connectivity index (χ3n) is 3.33. The molecule has 98 valence electrons. The lowest BCUT2D eigenvalue weighted by molar-refractivity contribution is -0.145. The van der Waals surface area contributed by atoms with Crippen molar-refractivity contribution in [1.29, 1.82) is 0 Å². The number of hydrogen-bond acceptors (Lipinski definition) is 4. The van der Waals surface area contributed by atoms with Crippen LogP contribution < -0.4 is 10.1 Å². The molecule has 0 aromatic heterocycles. The second-order valence-electron chi connectivity index (χ2n) is 4.28. The first-order chi connectivity index (χ1) is 8.67. The molecule has 18 heavy (non-hydrogen) atoms. The summed E-state index contributed by atoms with van der Waals surface area (Å²) < 4.78 is 23.7. The van der Waals surface area contributed by atoms with Crippen LogP contribution in [0.5, 0.6) is 5.75 Å². The highest BCUT2D eigenvalue weighted by Crippen LogP contribution is 2.32. The molecule has 0 aliphatic carbocycles. The molecule has 1 unspecified atom stereocenters. The minimum absolute atomic E-state index is 0.191. The first kappa shape index (κ1) is 12.8. The molecule has 1 aliphatic heterocycles. The van der Waals surface area contributed by atoms with Crippen LogP contribution in [0.4, 0.5) is 4.39 Å². The van der Waals surface area contributed by atoms with Crippen molar-refractivity contribution in [3.63, 3.8) is 0 Å². The number of methoxy groups -OCH3 is 2. The molecule has 1 aromatic rings. The molecule has 0 bridgehead atoms. The van der Waals surface area contributed by atoms with Crippen LogP contribution in [0.3, 0.4) is 0 Å². The second kappa shape index (κ2) is 5.35. The van der Waals surface area contributed by atoms with Gasteiger partial charge in [0.1, 0.15) is 11.6 Å². The van der Waals surface area contributed by atoms with Crippen LogP contribution in [0, 0.1) is 11.7 Å². The Morgan fingerprint density at radius 3 is 2.78 bits per heavy atom. The molecule has 1 aliphatic rings. The van der Waals surface area contributed by atoms with Crippen molar-refractivity contribution >= 4 is 5.97 Å². The van der Waals surface area contributed by atoms with Gasteiger partial charge >= 0.3 is 5.97 Å². The Morgan fingerprint density at radius 1 is 1.39 bits per heavy atom. The van der Waals surface area contributed by atoms with Gasteiger partial charge in [0.15, 0.2) is 0 Å². The van der Waals surface area contributed by atoms with Crippen LogP contribution >= 0.6 is 0 Å². The Bertz CT molecular complexity index is 450. The molecular weight excluding hydrogens is 237 g/mol. The van der Waals surface area contributed by atoms with Crippen molar-refractivity contribution in [3.8, 4) is 5.75 Å². The Kier molecular flexibility index (Phi) is 3.81. The molecular formula is C13H16FNO3. The predicted octanol–water partition coefficient (Wildman–Crippen LogP) is 1.31. The number of ether oxygens (including phenoxy) is 2. The average molecular weight is 253 g/mol. The third-order valence-corrected chi connectivity index (χ3v) is 3.33. The van der Waals surface area contributed by atoms with Crippen molar-refractivity contribution in [2.75, 3.05) is 27.3 Å². The maximum atomic E-state index is 14.0. The van der Waals surface area contributed by atoms with Crippen LogP contribution in [0.15, 0.2) is 18.2 Å². The zero-order valence-corrected chi connectivity index (χ0v) is 10.4. The molecule has 0 radical (unpaired) electrons. The van der Waals surface area contributed by atoms with E-state index in [4.69, 9.17) is 9.47 Å². The average Bonchev–Trinajstić information content (AvgIpc) is 2.86. The van der Waals surface area contributed by atoms with Crippen molar-refractivity contribution in [2.24, 2.45) is 5.92 Å². The minimum Gasteiger partial charge on any atom is -0.497 e. The van der Waals surface area contributed by atoms with Gasteiger partial charge in [0, 0.05) is 25.1 Å². The summed E-state index contributed by atoms with van der Waals surface area (Å²) in [6, 6.07) is 4.70. The molecule has 4 nitrogen and oxygen atoms in total. The number of esters is 1. The summed E-state index contributed by atoms with van der Waals surface area (Å²) in [6.07, 6.45) is 0. The first-order valence-corrected chi connectivity index (χ1v) is 5.79. The molecule has 2 atom stereocenters. The van der Waals surface area contributed by atoms with Crippen LogP contribution in [0.25, 0.3) is 0 Å². The highest BCUT2D eigenvalue weighted by Gasteiger charge is 2.36. The summed E-state index contributed by atoms with van der Waals surface area (Å²) >= 11 is 0. The topological polar surface area (TPSA) is 47.6 Å². The highest BCUT2D eigenvalue weighted by molar-refractivity contribution is 5.74. The van der Waals surface area contributed by atoms with E-state index in [1.165, 1.54) is 20.3 Å². The monoisotopic (exact) mass is 253 g/mol. The summed E-state index contributed by atoms with van der Waals surface area (Å²) in [4.78, 5) is 11.6. The van der Waals surface area contributed by atoms with E-state index in [-0.39, 0.29) is 23.6 Å². The Balaban J connectivity index is 2.27. The molecule has 1 fully saturated rings. The summed E-state index contributed by atoms with van der Waals surface area (Å²) in [5.74, 6) is -0.713. The van der Waals surface area contributed by atoms with Gasteiger partial charge in [-0.05, 0) is 11.6 Å². The van der Waals surface area contributed by atoms with Gasteiger partial charge in [-0.1, -0.05) is 6.07 Å². The van der Waals surface area contributed by atoms with Gasteiger partial charge in [-0.15, -0.1) is 0 Å². The van der Waals surface area contributed by atoms with Gasteiger partial charge in [-0.2, -0.15) is 0 Å². The van der Waals surface area contributed by atoms with Gasteiger partial charge in [-0.3, -0.25) is 4.79 Å². The SMILES string of the molecule is COC(=O)C1CNC[C@H]1c1ccc(OC)cc1F. The van der Waals surface area contributed by atoms with Crippen molar-refractivity contribution in [2.45, 2.75) is 5.92 Å². The fourth-order valence-electron chi connectivity index (χ4n) is 2.34. The Labute approximate surface area is 105 Å². The Morgan fingerprint density at radius 2 is 2.17 bits per heavy atom. The fraction of sp³-hybridized carbons (Fsp3) is 0.462. The molecule has 5 heteroatoms. The van der Waals surface area contributed by atoms with E-state index in [1.807, 2.05) is 0 Å². The lowest BCUT2D eigenvalue weighted by atomic mass is 9.88. The van der Waals surface area contributed by atoms with Crippen molar-refractivity contribution < 1.29 is 18.7 Å². The van der Waals surface area contributed by atoms with Gasteiger partial charge in [-0.25, -0.2) is 4.39 Å². The van der Waals surface area contributed by atoms with E-state index < -0.39 is 0 Å². The van der Waals surface area contributed by atoms with Crippen LogP contribution in [0.2, 0.25) is 0 Å². The minimum atomic E-state index is -0.350. The Hall–Kier alpha value is -1.62. The standard InChI is InChI=1S/C13H16FNO3/c1-17-8-3-4-9(12(14)5-8)10-6-15-7-11(10)13(16)18-2/h3-5,10-11,15H,6-7H2,1-2H3/t10-,11?/m0/s1. The third kappa shape index (κ3) is 2.31. The maximum absolute atomic E-state index is 14.0. The molecule has 1 saturated heterocycles. The number of halogens is 1. The number of nitrogens with one attached hydrogen (secondary N) is 1. The largest absolute Gasteiger partial charge is 0.497 e. The molecule has 2 rings (SSSR count). The summed E-state index contributed by atoms with van der Waals surface area (Å²) in [7, 11) is 2.84. The van der Waals surface area contributed by atoms with Crippen molar-refractivity contribution in [1.82, 2.24) is 5.32 Å². The summed E-state index contributed by atoms with van der Waals surface area (Å²) in [5, 5.41) is 3.09. The lowest BCUT2D eigenvalue weighted by Gasteiger charge is -2.17. The van der Waals surface area contributed by atoms with E-state index >= 15 is 0 Å². The molecule has 1 heterocycles. The summed E-state index contributed by atoms with van der Waals surface area (Å²) in [5.41, 5.74) is 0.524. The predicted molar refractivity (Wildman–Crippen MR) is 64.1 cm³/mol. The zero-order valence-electron chi connectivity index (χ0n) is 10.4. The number of benzene rings is 1. The number of carbonyl (C=O) groups excluding carboxylic acids is 1. The summed E-state index contributed by atoms with van der Waals surface area (Å²) in [6.45, 7) is 1.09. The molecule has 1 aromatic carbocycles. The zero-order chi connectivity index (χ0) is 13.1. The van der Waals surface area contributed by atoms with E-state index in [1.54, 1.807) is 12.1 Å². The normalized spacial score (nSPS) is 22.8. The van der Waals surface area contributed by atoms with E-state index in [2.05, 4.69) is 5.32 Å². The highest BCUT2D eigenvalue weighted by atomic mass is 19.1. The smallest absolute Gasteiger partial charge is 0.310 e. The first-order valence-electron chi connectivity index (χ1n) is 5.79.